The summed E-state index contributed by atoms with van der Waals surface area (Å²) in [6, 6.07) is 13.1. The van der Waals surface area contributed by atoms with E-state index < -0.39 is 5.78 Å². The van der Waals surface area contributed by atoms with Gasteiger partial charge in [0.25, 0.3) is 0 Å². The lowest BCUT2D eigenvalue weighted by molar-refractivity contribution is -0.126. The minimum Gasteiger partial charge on any atom is -0.508 e. The van der Waals surface area contributed by atoms with E-state index in [1.165, 1.54) is 41.0 Å². The zero-order valence-corrected chi connectivity index (χ0v) is 22.0. The number of hydrogen-bond donors (Lipinski definition) is 3. The number of aryl methyl sites for hydroxylation is 1. The van der Waals surface area contributed by atoms with E-state index in [2.05, 4.69) is 19.1 Å². The predicted molar refractivity (Wildman–Crippen MR) is 146 cm³/mol. The van der Waals surface area contributed by atoms with E-state index in [1.54, 1.807) is 19.1 Å². The number of benzene rings is 3. The van der Waals surface area contributed by atoms with Gasteiger partial charge in [-0.05, 0) is 85.5 Å². The van der Waals surface area contributed by atoms with Gasteiger partial charge in [0, 0.05) is 28.9 Å². The molecule has 198 valence electrons. The maximum atomic E-state index is 12.3. The first-order valence-corrected chi connectivity index (χ1v) is 13.4. The van der Waals surface area contributed by atoms with Crippen LogP contribution in [-0.4, -0.2) is 32.7 Å². The van der Waals surface area contributed by atoms with Crippen molar-refractivity contribution in [2.24, 2.45) is 11.3 Å². The number of ketones is 3. The molecule has 6 nitrogen and oxygen atoms in total. The Morgan fingerprint density at radius 3 is 2.41 bits per heavy atom. The zero-order chi connectivity index (χ0) is 27.6. The summed E-state index contributed by atoms with van der Waals surface area (Å²) in [5.74, 6) is 0.387. The molecule has 0 heterocycles. The third-order valence-corrected chi connectivity index (χ3v) is 9.13. The zero-order valence-electron chi connectivity index (χ0n) is 22.0. The van der Waals surface area contributed by atoms with Gasteiger partial charge in [-0.25, -0.2) is 0 Å². The average Bonchev–Trinajstić information content (AvgIpc) is 3.21. The van der Waals surface area contributed by atoms with Crippen LogP contribution in [0.3, 0.4) is 0 Å². The van der Waals surface area contributed by atoms with Gasteiger partial charge < -0.3 is 15.3 Å². The van der Waals surface area contributed by atoms with Crippen LogP contribution in [0.5, 0.6) is 17.2 Å². The van der Waals surface area contributed by atoms with Gasteiger partial charge in [0.15, 0.2) is 5.78 Å². The first kappa shape index (κ1) is 25.1. The van der Waals surface area contributed by atoms with Gasteiger partial charge in [0.2, 0.25) is 5.78 Å². The van der Waals surface area contributed by atoms with Crippen LogP contribution in [0.4, 0.5) is 0 Å². The molecular weight excluding hydrogens is 492 g/mol. The molecule has 0 radical (unpaired) electrons. The second kappa shape index (κ2) is 8.94. The molecule has 6 heteroatoms. The molecule has 2 fully saturated rings. The summed E-state index contributed by atoms with van der Waals surface area (Å²) in [4.78, 5) is 36.9. The highest BCUT2D eigenvalue weighted by Crippen LogP contribution is 2.58. The normalized spacial score (nSPS) is 24.4. The van der Waals surface area contributed by atoms with E-state index in [0.717, 1.165) is 32.1 Å². The highest BCUT2D eigenvalue weighted by molar-refractivity contribution is 6.30. The number of aromatic hydroxyl groups is 3. The Bertz CT molecular complexity index is 1610. The summed E-state index contributed by atoms with van der Waals surface area (Å²) < 4.78 is 0. The SMILES string of the molecule is CC12CCC3C(=CCc4cc(O)ccc43)C1CCC2=O.Cc1cc(O)c2c(c1)C(=O)c1cccc(O)c1C2=O. The average molecular weight is 523 g/mol. The van der Waals surface area contributed by atoms with Crippen LogP contribution in [0.25, 0.3) is 0 Å². The van der Waals surface area contributed by atoms with E-state index in [-0.39, 0.29) is 45.0 Å². The van der Waals surface area contributed by atoms with Crippen molar-refractivity contribution < 1.29 is 29.7 Å². The van der Waals surface area contributed by atoms with Gasteiger partial charge in [-0.15, -0.1) is 0 Å². The molecule has 2 saturated carbocycles. The highest BCUT2D eigenvalue weighted by Gasteiger charge is 2.52. The Morgan fingerprint density at radius 2 is 1.62 bits per heavy atom. The van der Waals surface area contributed by atoms with E-state index >= 15 is 0 Å². The van der Waals surface area contributed by atoms with Crippen LogP contribution in [-0.2, 0) is 11.2 Å². The monoisotopic (exact) mass is 522 g/mol. The molecule has 7 rings (SSSR count). The summed E-state index contributed by atoms with van der Waals surface area (Å²) in [6.45, 7) is 3.91. The standard InChI is InChI=1S/C18H20O2.C15H10O4/c1-18-9-8-14-13-5-3-12(19)10-11(13)2-4-15(14)16(18)6-7-17(18)20;1-7-5-9-13(11(17)6-7)15(19)12-8(14(9)18)3-2-4-10(12)16/h3-5,10,14,16,19H,2,6-9H2,1H3;2-6,16-17H,1H3. The van der Waals surface area contributed by atoms with Crippen molar-refractivity contribution in [3.05, 3.63) is 99.1 Å². The Balaban J connectivity index is 0.000000142. The van der Waals surface area contributed by atoms with Gasteiger partial charge in [-0.3, -0.25) is 14.4 Å². The Labute approximate surface area is 226 Å². The van der Waals surface area contributed by atoms with Gasteiger partial charge in [-0.2, -0.15) is 0 Å². The third kappa shape index (κ3) is 3.81. The van der Waals surface area contributed by atoms with Crippen LogP contribution in [0, 0.1) is 18.3 Å². The number of carbonyl (C=O) groups excluding carboxylic acids is 3. The second-order valence-electron chi connectivity index (χ2n) is 11.4. The van der Waals surface area contributed by atoms with Gasteiger partial charge in [-0.1, -0.05) is 36.8 Å². The van der Waals surface area contributed by atoms with Crippen LogP contribution >= 0.6 is 0 Å². The lowest BCUT2D eigenvalue weighted by Crippen LogP contribution is -2.37. The van der Waals surface area contributed by atoms with Crippen molar-refractivity contribution >= 4 is 17.3 Å². The summed E-state index contributed by atoms with van der Waals surface area (Å²) in [6.07, 6.45) is 7.11. The van der Waals surface area contributed by atoms with Crippen LogP contribution in [0.15, 0.2) is 60.2 Å². The number of fused-ring (bicyclic) bond motifs is 7. The number of allylic oxidation sites excluding steroid dienone is 2. The molecule has 3 atom stereocenters. The van der Waals surface area contributed by atoms with Gasteiger partial charge in [0.1, 0.15) is 23.0 Å². The number of carbonyl (C=O) groups is 3. The van der Waals surface area contributed by atoms with Gasteiger partial charge in [0.05, 0.1) is 11.1 Å². The maximum Gasteiger partial charge on any atom is 0.201 e. The van der Waals surface area contributed by atoms with Crippen LogP contribution < -0.4 is 0 Å². The molecule has 0 bridgehead atoms. The van der Waals surface area contributed by atoms with Crippen molar-refractivity contribution in [3.63, 3.8) is 0 Å². The van der Waals surface area contributed by atoms with Gasteiger partial charge >= 0.3 is 0 Å². The van der Waals surface area contributed by atoms with Crippen molar-refractivity contribution in [1.29, 1.82) is 0 Å². The first-order valence-electron chi connectivity index (χ1n) is 13.4. The van der Waals surface area contributed by atoms with Crippen molar-refractivity contribution in [1.82, 2.24) is 0 Å². The molecule has 3 unspecified atom stereocenters. The number of Topliss-reactive ketones (excluding diaryl/α,β-unsaturated/α-hetero) is 1. The molecule has 3 aromatic carbocycles. The fraction of sp³-hybridized carbons (Fsp3) is 0.303. The molecular formula is C33H30O6. The van der Waals surface area contributed by atoms with Crippen LogP contribution in [0.2, 0.25) is 0 Å². The summed E-state index contributed by atoms with van der Waals surface area (Å²) in [5.41, 5.74) is 5.00. The van der Waals surface area contributed by atoms with Crippen molar-refractivity contribution in [2.75, 3.05) is 0 Å². The molecule has 0 spiro atoms. The van der Waals surface area contributed by atoms with Crippen molar-refractivity contribution in [2.45, 2.75) is 51.9 Å². The summed E-state index contributed by atoms with van der Waals surface area (Å²) in [7, 11) is 0. The number of rotatable bonds is 0. The molecule has 0 saturated heterocycles. The Morgan fingerprint density at radius 1 is 0.846 bits per heavy atom. The van der Waals surface area contributed by atoms with Crippen LogP contribution in [0.1, 0.15) is 87.1 Å². The third-order valence-electron chi connectivity index (χ3n) is 9.13. The minimum atomic E-state index is -0.528. The quantitative estimate of drug-likeness (QED) is 0.247. The number of hydrogen-bond acceptors (Lipinski definition) is 6. The molecule has 4 aliphatic rings. The molecule has 0 aromatic heterocycles. The molecule has 0 aliphatic heterocycles. The summed E-state index contributed by atoms with van der Waals surface area (Å²) in [5, 5.41) is 29.3. The molecule has 3 N–H and O–H groups in total. The lowest BCUT2D eigenvalue weighted by Gasteiger charge is -2.43. The number of phenolic OH excluding ortho intramolecular Hbond substituents is 3. The Hall–Kier alpha value is -4.19. The highest BCUT2D eigenvalue weighted by atomic mass is 16.3. The second-order valence-corrected chi connectivity index (χ2v) is 11.4. The molecule has 39 heavy (non-hydrogen) atoms. The first-order chi connectivity index (χ1) is 18.6. The smallest absolute Gasteiger partial charge is 0.201 e. The molecule has 3 aromatic rings. The topological polar surface area (TPSA) is 112 Å². The van der Waals surface area contributed by atoms with Crippen molar-refractivity contribution in [3.8, 4) is 17.2 Å². The summed E-state index contributed by atoms with van der Waals surface area (Å²) >= 11 is 0. The van der Waals surface area contributed by atoms with E-state index in [4.69, 9.17) is 0 Å². The largest absolute Gasteiger partial charge is 0.508 e. The fourth-order valence-electron chi connectivity index (χ4n) is 7.16. The van der Waals surface area contributed by atoms with E-state index in [9.17, 15) is 29.7 Å². The predicted octanol–water partition coefficient (Wildman–Crippen LogP) is 5.92. The maximum absolute atomic E-state index is 12.3. The minimum absolute atomic E-state index is 0.0374. The lowest BCUT2D eigenvalue weighted by atomic mass is 9.60. The van der Waals surface area contributed by atoms with E-state index in [0.29, 0.717) is 28.9 Å². The number of phenols is 3. The molecule has 0 amide bonds. The fourth-order valence-corrected chi connectivity index (χ4v) is 7.16. The van der Waals surface area contributed by atoms with E-state index in [1.807, 2.05) is 6.07 Å². The molecule has 4 aliphatic carbocycles. The Kier molecular flexibility index (Phi) is 5.75.